The molecule has 0 bridgehead atoms. The zero-order valence-electron chi connectivity index (χ0n) is 42.3. The van der Waals surface area contributed by atoms with Gasteiger partial charge in [0.05, 0.1) is 19.3 Å². The minimum Gasteiger partial charge on any atom is -0.608 e. The predicted molar refractivity (Wildman–Crippen MR) is 311 cm³/mol. The van der Waals surface area contributed by atoms with Gasteiger partial charge < -0.3 is 35.2 Å². The van der Waals surface area contributed by atoms with Gasteiger partial charge in [0.2, 0.25) is 0 Å². The summed E-state index contributed by atoms with van der Waals surface area (Å²) in [7, 11) is 6.31. The molecule has 1 saturated heterocycles. The van der Waals surface area contributed by atoms with Crippen molar-refractivity contribution in [1.82, 2.24) is 24.9 Å². The quantitative estimate of drug-likeness (QED) is 0.0700. The number of hydrogen-bond acceptors (Lipinski definition) is 11. The minimum atomic E-state index is -0.780. The first-order chi connectivity index (χ1) is 31.0. The van der Waals surface area contributed by atoms with Gasteiger partial charge in [0.25, 0.3) is 0 Å². The Morgan fingerprint density at radius 3 is 1.39 bits per heavy atom. The van der Waals surface area contributed by atoms with Crippen LogP contribution in [-0.4, -0.2) is 92.9 Å². The fourth-order valence-corrected chi connectivity index (χ4v) is 5.05. The zero-order chi connectivity index (χ0) is 50.9. The third kappa shape index (κ3) is 44.7. The first-order valence-corrected chi connectivity index (χ1v) is 22.2. The van der Waals surface area contributed by atoms with Crippen molar-refractivity contribution < 1.29 is 80.9 Å². The Bertz CT molecular complexity index is 2040. The van der Waals surface area contributed by atoms with Crippen LogP contribution in [-0.2, 0) is 4.74 Å². The number of aliphatic hydroxyl groups is 4. The van der Waals surface area contributed by atoms with Crippen molar-refractivity contribution in [3.8, 4) is 0 Å². The molecule has 1 aliphatic heterocycles. The van der Waals surface area contributed by atoms with E-state index in [4.69, 9.17) is 28.4 Å². The summed E-state index contributed by atoms with van der Waals surface area (Å²) in [6.45, 7) is 29.3. The Labute approximate surface area is 492 Å². The monoisotopic (exact) mass is 1090 g/mol. The molecule has 0 aromatic carbocycles. The second-order valence-electron chi connectivity index (χ2n) is 17.2. The van der Waals surface area contributed by atoms with Crippen LogP contribution in [0.4, 0.5) is 4.32 Å². The van der Waals surface area contributed by atoms with Crippen molar-refractivity contribution >= 4 is 43.7 Å². The van der Waals surface area contributed by atoms with Crippen LogP contribution in [0, 0.1) is 40.0 Å². The van der Waals surface area contributed by atoms with E-state index in [0.717, 1.165) is 58.8 Å². The van der Waals surface area contributed by atoms with Gasteiger partial charge in [-0.2, -0.15) is 5.98 Å². The molecule has 6 rings (SSSR count). The van der Waals surface area contributed by atoms with Gasteiger partial charge in [0.15, 0.2) is 0 Å². The average Bonchev–Trinajstić information content (AvgIpc) is 4.14. The molecule has 398 valence electrons. The van der Waals surface area contributed by atoms with Crippen molar-refractivity contribution in [2.75, 3.05) is 20.3 Å². The van der Waals surface area contributed by atoms with Crippen molar-refractivity contribution in [3.05, 3.63) is 166 Å². The Kier molecular flexibility index (Phi) is 58.7. The van der Waals surface area contributed by atoms with Crippen LogP contribution in [0.15, 0.2) is 116 Å². The SMILES string of the molecule is C.C.C.C.C.C=Cc1ccncc1C.CC(C)(C)N.CO.Cc1cnccc1Br.Cc1cnccc1[C@@H](O)CCC(C)(C)C.Cc1cnccc1[C@@H](O)CO.Cc1cnccc1[C@@H]1CO1.[B]B([B-]F)C=C.[K+]. The molecule has 11 nitrogen and oxygen atoms in total. The molecule has 0 aliphatic carbocycles. The molecule has 6 heterocycles. The number of nitrogens with two attached hydrogens (primary N) is 1. The Hall–Kier alpha value is -2.77. The number of aryl methyl sites for hydroxylation is 5. The third-order valence-electron chi connectivity index (χ3n) is 8.58. The molecule has 1 aliphatic rings. The minimum absolute atomic E-state index is 0. The molecule has 4 radical (unpaired) electrons. The fourth-order valence-electron chi connectivity index (χ4n) is 4.83. The topological polar surface area (TPSA) is 184 Å². The van der Waals surface area contributed by atoms with Crippen molar-refractivity contribution in [3.63, 3.8) is 0 Å². The van der Waals surface area contributed by atoms with Crippen molar-refractivity contribution in [1.29, 1.82) is 0 Å². The summed E-state index contributed by atoms with van der Waals surface area (Å²) in [6, 6.07) is 9.50. The van der Waals surface area contributed by atoms with Crippen LogP contribution >= 0.6 is 15.9 Å². The van der Waals surface area contributed by atoms with E-state index in [0.29, 0.717) is 13.6 Å². The normalized spacial score (nSPS) is 11.7. The summed E-state index contributed by atoms with van der Waals surface area (Å²) in [6.07, 6.45) is 20.6. The van der Waals surface area contributed by atoms with Crippen LogP contribution in [0.1, 0.15) is 160 Å². The molecular weight excluding hydrogens is 995 g/mol. The summed E-state index contributed by atoms with van der Waals surface area (Å²) in [5.74, 6) is 1.32. The molecule has 17 heteroatoms. The van der Waals surface area contributed by atoms with E-state index in [2.05, 4.69) is 81.7 Å². The molecule has 0 spiro atoms. The maximum Gasteiger partial charge on any atom is 1.00 e. The van der Waals surface area contributed by atoms with Gasteiger partial charge in [0, 0.05) is 79.1 Å². The first kappa shape index (κ1) is 86.0. The van der Waals surface area contributed by atoms with E-state index < -0.39 is 12.6 Å². The molecule has 1 fully saturated rings. The number of ether oxygens (including phenoxy) is 1. The van der Waals surface area contributed by atoms with E-state index >= 15 is 0 Å². The number of halogens is 2. The Morgan fingerprint density at radius 2 is 1.11 bits per heavy atom. The maximum absolute atomic E-state index is 11.1. The zero-order valence-corrected chi connectivity index (χ0v) is 47.0. The Morgan fingerprint density at radius 1 is 0.736 bits per heavy atom. The number of hydrogen-bond donors (Lipinski definition) is 5. The molecule has 6 N–H and O–H groups in total. The molecule has 5 aromatic rings. The molecule has 3 atom stereocenters. The summed E-state index contributed by atoms with van der Waals surface area (Å²) in [5, 5.41) is 34.9. The van der Waals surface area contributed by atoms with Gasteiger partial charge in [-0.15, -0.1) is 14.0 Å². The van der Waals surface area contributed by atoms with E-state index in [1.54, 1.807) is 43.2 Å². The van der Waals surface area contributed by atoms with Crippen LogP contribution in [0.25, 0.3) is 6.08 Å². The summed E-state index contributed by atoms with van der Waals surface area (Å²) in [5.41, 5.74) is 15.4. The maximum atomic E-state index is 11.1. The first-order valence-electron chi connectivity index (χ1n) is 21.4. The Balaban J connectivity index is -0.000000111. The molecule has 0 amide bonds. The molecule has 0 saturated carbocycles. The smallest absolute Gasteiger partial charge is 0.608 e. The fraction of sp³-hybridized carbons (Fsp3) is 0.473. The van der Waals surface area contributed by atoms with Gasteiger partial charge in [0.1, 0.15) is 12.2 Å². The summed E-state index contributed by atoms with van der Waals surface area (Å²) < 4.78 is 17.3. The number of aromatic nitrogens is 5. The van der Waals surface area contributed by atoms with E-state index in [1.807, 2.05) is 104 Å². The van der Waals surface area contributed by atoms with Crippen LogP contribution < -0.4 is 57.1 Å². The van der Waals surface area contributed by atoms with Gasteiger partial charge >= 0.3 is 51.4 Å². The average molecular weight is 1090 g/mol. The number of rotatable bonds is 9. The van der Waals surface area contributed by atoms with E-state index in [1.165, 1.54) is 28.2 Å². The van der Waals surface area contributed by atoms with Gasteiger partial charge in [-0.1, -0.05) is 93.0 Å². The largest absolute Gasteiger partial charge is 1.00 e. The van der Waals surface area contributed by atoms with Crippen LogP contribution in [0.5, 0.6) is 0 Å². The number of epoxide rings is 1. The molecule has 5 aromatic heterocycles. The summed E-state index contributed by atoms with van der Waals surface area (Å²) in [4.78, 5) is 19.8. The number of nitrogens with zero attached hydrogens (tertiary/aromatic N) is 5. The van der Waals surface area contributed by atoms with E-state index in [9.17, 15) is 14.5 Å². The van der Waals surface area contributed by atoms with Crippen molar-refractivity contribution in [2.24, 2.45) is 11.1 Å². The molecular formula is C55H94B3BrFKN6O5. The van der Waals surface area contributed by atoms with Crippen LogP contribution in [0.3, 0.4) is 0 Å². The number of aliphatic hydroxyl groups excluding tert-OH is 4. The second kappa shape index (κ2) is 49.1. The van der Waals surface area contributed by atoms with Gasteiger partial charge in [-0.05, 0) is 162 Å². The van der Waals surface area contributed by atoms with Gasteiger partial charge in [-0.25, -0.2) is 0 Å². The standard InChI is InChI=1S/C13H21NO.C8H11NO2.C8H9NO.C8H9N.C6H6BrN.C4H11N.C2H3B3F.CH4O.5CH4.K/c1-10-9-14-8-6-11(10)12(15)5-7-13(2,3)4;1-6-4-9-3-2-7(6)8(11)5-10;1-6-4-9-3-2-7(6)8-5-10-8;1-3-8-4-5-9-6-7(8)2;1-5-4-8-3-2-6(5)7;1-4(2,3)5;1-2-5(3)4-6;1-2;;;;;;/h6,8-9,12,15H,5,7H2,1-4H3;2-4,8,10-11H,5H2,1H3;2-4,8H,5H2,1H3;3-6H,1H2,2H3;2-4H,1H3;5H2,1-3H3;2H,1H2;2H,1H3;5*1H4;/q;;;;;;-1;;;;;;;+1/t12-;2*8-;;;;;;;;;;;/m000.........../s1. The number of pyridine rings is 5. The third-order valence-corrected chi connectivity index (χ3v) is 9.47. The van der Waals surface area contributed by atoms with Gasteiger partial charge in [-0.3, -0.25) is 24.9 Å². The molecule has 0 unspecified atom stereocenters. The predicted octanol–water partition coefficient (Wildman–Crippen LogP) is 9.81. The van der Waals surface area contributed by atoms with Crippen LogP contribution in [0.2, 0.25) is 0 Å². The summed E-state index contributed by atoms with van der Waals surface area (Å²) >= 11 is 3.36. The van der Waals surface area contributed by atoms with Crippen molar-refractivity contribution in [2.45, 2.75) is 150 Å². The van der Waals surface area contributed by atoms with E-state index in [-0.39, 0.29) is 112 Å². The molecule has 72 heavy (non-hydrogen) atoms. The second-order valence-corrected chi connectivity index (χ2v) is 18.1.